The third-order valence-corrected chi connectivity index (χ3v) is 9.09. The highest BCUT2D eigenvalue weighted by Crippen LogP contribution is 2.36. The molecular weight excluding hydrogens is 569 g/mol. The van der Waals surface area contributed by atoms with Crippen molar-refractivity contribution in [3.63, 3.8) is 0 Å². The molecule has 3 aliphatic rings. The first-order valence-electron chi connectivity index (χ1n) is 14.2. The summed E-state index contributed by atoms with van der Waals surface area (Å²) in [5.41, 5.74) is 1.81. The van der Waals surface area contributed by atoms with Crippen molar-refractivity contribution in [3.05, 3.63) is 46.6 Å². The van der Waals surface area contributed by atoms with Crippen molar-refractivity contribution in [1.82, 2.24) is 19.5 Å². The van der Waals surface area contributed by atoms with Gasteiger partial charge >= 0.3 is 0 Å². The lowest BCUT2D eigenvalue weighted by Crippen LogP contribution is -2.40. The molecule has 0 unspecified atom stereocenters. The Hall–Kier alpha value is -3.12. The van der Waals surface area contributed by atoms with Crippen LogP contribution in [0.3, 0.4) is 0 Å². The molecule has 41 heavy (non-hydrogen) atoms. The van der Waals surface area contributed by atoms with E-state index in [4.69, 9.17) is 21.7 Å². The number of benzene rings is 1. The van der Waals surface area contributed by atoms with Crippen LogP contribution >= 0.6 is 11.6 Å². The first-order valence-corrected chi connectivity index (χ1v) is 16.5. The lowest BCUT2D eigenvalue weighted by atomic mass is 9.98. The third kappa shape index (κ3) is 5.81. The summed E-state index contributed by atoms with van der Waals surface area (Å²) >= 11 is 6.24. The Kier molecular flexibility index (Phi) is 7.71. The van der Waals surface area contributed by atoms with Crippen LogP contribution < -0.4 is 14.5 Å². The molecule has 1 aromatic carbocycles. The molecule has 3 saturated heterocycles. The Morgan fingerprint density at radius 1 is 1.05 bits per heavy atom. The monoisotopic (exact) mass is 603 g/mol. The summed E-state index contributed by atoms with van der Waals surface area (Å²) in [6, 6.07) is 8.26. The number of amides is 1. The highest BCUT2D eigenvalue weighted by Gasteiger charge is 2.33. The molecule has 2 atom stereocenters. The minimum Gasteiger partial charge on any atom is -0.356 e. The van der Waals surface area contributed by atoms with Crippen LogP contribution in [-0.2, 0) is 10.0 Å². The first-order chi connectivity index (χ1) is 19.7. The molecule has 0 spiro atoms. The number of carbonyl (C=O) groups excluding carboxylic acids is 1. The second-order valence-corrected chi connectivity index (χ2v) is 13.5. The summed E-state index contributed by atoms with van der Waals surface area (Å²) < 4.78 is 42.0. The van der Waals surface area contributed by atoms with Crippen LogP contribution in [0.1, 0.15) is 60.6 Å². The van der Waals surface area contributed by atoms with Crippen molar-refractivity contribution < 1.29 is 17.6 Å². The van der Waals surface area contributed by atoms with E-state index < -0.39 is 10.0 Å². The van der Waals surface area contributed by atoms with Gasteiger partial charge in [-0.05, 0) is 56.7 Å². The van der Waals surface area contributed by atoms with Crippen LogP contribution in [0.4, 0.5) is 21.7 Å². The van der Waals surface area contributed by atoms with Crippen LogP contribution in [-0.4, -0.2) is 79.5 Å². The number of hydrogen-bond acceptors (Lipinski definition) is 7. The molecule has 0 bridgehead atoms. The van der Waals surface area contributed by atoms with Crippen LogP contribution in [0.15, 0.2) is 30.3 Å². The molecular formula is C28H35ClFN7O3S. The van der Waals surface area contributed by atoms with Gasteiger partial charge in [-0.25, -0.2) is 13.4 Å². The SMILES string of the molecule is CS(=O)(=O)Nc1ccc(Cl)cc1C(=O)N1CCCC[C@H]1c1cc2nc(N3CCC3)cc(N3CCC[C@@H](CF)C3)n2n1. The number of sulfonamides is 1. The van der Waals surface area contributed by atoms with Crippen LogP contribution in [0.5, 0.6) is 0 Å². The Bertz CT molecular complexity index is 1560. The Morgan fingerprint density at radius 3 is 2.59 bits per heavy atom. The molecule has 0 radical (unpaired) electrons. The largest absolute Gasteiger partial charge is 0.356 e. The molecule has 3 fully saturated rings. The van der Waals surface area contributed by atoms with Crippen LogP contribution in [0.2, 0.25) is 5.02 Å². The van der Waals surface area contributed by atoms with E-state index in [1.54, 1.807) is 11.0 Å². The molecule has 6 rings (SSSR count). The molecule has 2 aromatic heterocycles. The highest BCUT2D eigenvalue weighted by molar-refractivity contribution is 7.92. The second kappa shape index (κ2) is 11.3. The number of nitrogens with zero attached hydrogens (tertiary/aromatic N) is 6. The fourth-order valence-electron chi connectivity index (χ4n) is 6.08. The van der Waals surface area contributed by atoms with Gasteiger partial charge in [-0.2, -0.15) is 9.61 Å². The average molecular weight is 604 g/mol. The number of hydrogen-bond donors (Lipinski definition) is 1. The smallest absolute Gasteiger partial charge is 0.256 e. The molecule has 10 nitrogen and oxygen atoms in total. The summed E-state index contributed by atoms with van der Waals surface area (Å²) in [4.78, 5) is 25.1. The van der Waals surface area contributed by atoms with Gasteiger partial charge in [-0.3, -0.25) is 13.9 Å². The minimum atomic E-state index is -3.61. The second-order valence-electron chi connectivity index (χ2n) is 11.3. The summed E-state index contributed by atoms with van der Waals surface area (Å²) in [5, 5.41) is 5.34. The van der Waals surface area contributed by atoms with E-state index >= 15 is 0 Å². The van der Waals surface area contributed by atoms with Gasteiger partial charge in [0.15, 0.2) is 5.65 Å². The number of aromatic nitrogens is 3. The number of likely N-dealkylation sites (tertiary alicyclic amines) is 1. The topological polar surface area (TPSA) is 103 Å². The molecule has 3 aliphatic heterocycles. The average Bonchev–Trinajstić information content (AvgIpc) is 3.36. The van der Waals surface area contributed by atoms with Crippen molar-refractivity contribution in [2.45, 2.75) is 44.6 Å². The fourth-order valence-corrected chi connectivity index (χ4v) is 6.83. The molecule has 3 aromatic rings. The molecule has 220 valence electrons. The molecule has 5 heterocycles. The van der Waals surface area contributed by atoms with Gasteiger partial charge in [0.2, 0.25) is 10.0 Å². The Balaban J connectivity index is 1.38. The van der Waals surface area contributed by atoms with Gasteiger partial charge in [0.1, 0.15) is 11.6 Å². The van der Waals surface area contributed by atoms with E-state index in [0.717, 1.165) is 75.3 Å². The minimum absolute atomic E-state index is 0.00616. The van der Waals surface area contributed by atoms with Crippen LogP contribution in [0, 0.1) is 5.92 Å². The van der Waals surface area contributed by atoms with E-state index in [1.165, 1.54) is 12.1 Å². The maximum Gasteiger partial charge on any atom is 0.256 e. The Labute approximate surface area is 244 Å². The summed E-state index contributed by atoms with van der Waals surface area (Å²) in [6.45, 7) is 3.52. The van der Waals surface area contributed by atoms with Gasteiger partial charge in [-0.1, -0.05) is 11.6 Å². The Morgan fingerprint density at radius 2 is 1.85 bits per heavy atom. The first kappa shape index (κ1) is 28.0. The summed E-state index contributed by atoms with van der Waals surface area (Å²) in [5.74, 6) is 1.47. The lowest BCUT2D eigenvalue weighted by Gasteiger charge is -2.36. The molecule has 1 amide bonds. The number of anilines is 3. The zero-order valence-electron chi connectivity index (χ0n) is 23.1. The van der Waals surface area contributed by atoms with Gasteiger partial charge in [-0.15, -0.1) is 0 Å². The fraction of sp³-hybridized carbons (Fsp3) is 0.536. The van der Waals surface area contributed by atoms with E-state index in [9.17, 15) is 17.6 Å². The standard InChI is InChI=1S/C28H35ClFN7O3S/c1-41(39,40)33-22-9-8-20(29)14-21(22)28(38)36-13-3-2-7-24(36)23-15-26-31-25(34-11-5-12-34)16-27(37(26)32-23)35-10-4-6-19(17-30)18-35/h8-9,14-16,19,24,33H,2-7,10-13,17-18H2,1H3/t19-,24-/m0/s1. The van der Waals surface area contributed by atoms with E-state index in [1.807, 2.05) is 10.6 Å². The number of piperidine rings is 2. The quantitative estimate of drug-likeness (QED) is 0.424. The normalized spacial score (nSPS) is 21.7. The molecule has 13 heteroatoms. The highest BCUT2D eigenvalue weighted by atomic mass is 35.5. The number of rotatable bonds is 7. The molecule has 1 N–H and O–H groups in total. The number of carbonyl (C=O) groups is 1. The van der Waals surface area contributed by atoms with E-state index in [2.05, 4.69) is 20.6 Å². The summed E-state index contributed by atoms with van der Waals surface area (Å²) in [6.07, 6.45) is 6.44. The van der Waals surface area contributed by atoms with Crippen LogP contribution in [0.25, 0.3) is 5.65 Å². The number of fused-ring (bicyclic) bond motifs is 1. The maximum atomic E-state index is 14.0. The number of alkyl halides is 1. The van der Waals surface area contributed by atoms with Gasteiger partial charge < -0.3 is 14.7 Å². The van der Waals surface area contributed by atoms with Crippen molar-refractivity contribution in [2.24, 2.45) is 5.92 Å². The van der Waals surface area contributed by atoms with Crippen molar-refractivity contribution >= 4 is 50.5 Å². The zero-order valence-corrected chi connectivity index (χ0v) is 24.7. The predicted octanol–water partition coefficient (Wildman–Crippen LogP) is 4.52. The van der Waals surface area contributed by atoms with Crippen molar-refractivity contribution in [3.8, 4) is 0 Å². The predicted molar refractivity (Wildman–Crippen MR) is 158 cm³/mol. The molecule has 0 aliphatic carbocycles. The summed E-state index contributed by atoms with van der Waals surface area (Å²) in [7, 11) is -3.61. The lowest BCUT2D eigenvalue weighted by molar-refractivity contribution is 0.0607. The number of nitrogens with one attached hydrogen (secondary N) is 1. The van der Waals surface area contributed by atoms with Gasteiger partial charge in [0.25, 0.3) is 5.91 Å². The van der Waals surface area contributed by atoms with E-state index in [-0.39, 0.29) is 35.8 Å². The number of halogens is 2. The molecule has 0 saturated carbocycles. The van der Waals surface area contributed by atoms with Gasteiger partial charge in [0, 0.05) is 55.8 Å². The van der Waals surface area contributed by atoms with Crippen molar-refractivity contribution in [1.29, 1.82) is 0 Å². The van der Waals surface area contributed by atoms with E-state index in [0.29, 0.717) is 30.2 Å². The maximum absolute atomic E-state index is 14.0. The van der Waals surface area contributed by atoms with Gasteiger partial charge in [0.05, 0.1) is 35.9 Å². The third-order valence-electron chi connectivity index (χ3n) is 8.27. The zero-order chi connectivity index (χ0) is 28.7. The van der Waals surface area contributed by atoms with Crippen molar-refractivity contribution in [2.75, 3.05) is 60.2 Å².